The van der Waals surface area contributed by atoms with Crippen molar-refractivity contribution in [1.29, 1.82) is 0 Å². The van der Waals surface area contributed by atoms with Crippen LogP contribution in [-0.4, -0.2) is 43.5 Å². The van der Waals surface area contributed by atoms with E-state index in [2.05, 4.69) is 30.9 Å². The Hall–Kier alpha value is -2.66. The van der Waals surface area contributed by atoms with Gasteiger partial charge in [-0.1, -0.05) is 44.0 Å². The number of rotatable bonds is 12. The van der Waals surface area contributed by atoms with Crippen LogP contribution in [0.5, 0.6) is 5.75 Å². The van der Waals surface area contributed by atoms with Gasteiger partial charge < -0.3 is 9.47 Å². The van der Waals surface area contributed by atoms with Gasteiger partial charge in [0, 0.05) is 17.7 Å². The third kappa shape index (κ3) is 5.52. The highest BCUT2D eigenvalue weighted by Gasteiger charge is 2.52. The van der Waals surface area contributed by atoms with Crippen LogP contribution in [0.4, 0.5) is 0 Å². The predicted octanol–water partition coefficient (Wildman–Crippen LogP) is 5.68. The van der Waals surface area contributed by atoms with Gasteiger partial charge in [0.15, 0.2) is 5.78 Å². The van der Waals surface area contributed by atoms with Crippen molar-refractivity contribution in [3.05, 3.63) is 64.2 Å². The van der Waals surface area contributed by atoms with E-state index in [1.807, 2.05) is 31.2 Å². The van der Waals surface area contributed by atoms with Gasteiger partial charge in [0.2, 0.25) is 0 Å². The molecule has 3 rings (SSSR count). The van der Waals surface area contributed by atoms with E-state index in [1.54, 1.807) is 14.0 Å². The summed E-state index contributed by atoms with van der Waals surface area (Å²) in [5.74, 6) is 0.496. The molecule has 1 atom stereocenters. The molecule has 0 saturated carbocycles. The molecule has 0 aromatic heterocycles. The number of fused-ring (bicyclic) bond motifs is 1. The second-order valence-corrected chi connectivity index (χ2v) is 9.39. The molecular formula is C29H39NO4. The summed E-state index contributed by atoms with van der Waals surface area (Å²) in [5.41, 5.74) is 4.04. The van der Waals surface area contributed by atoms with E-state index in [1.165, 1.54) is 5.56 Å². The van der Waals surface area contributed by atoms with Crippen LogP contribution in [0.1, 0.15) is 72.1 Å². The summed E-state index contributed by atoms with van der Waals surface area (Å²) in [5, 5.41) is 0. The maximum absolute atomic E-state index is 13.5. The molecule has 2 aromatic carbocycles. The van der Waals surface area contributed by atoms with Gasteiger partial charge in [-0.25, -0.2) is 0 Å². The molecular weight excluding hydrogens is 426 g/mol. The lowest BCUT2D eigenvalue weighted by atomic mass is 9.78. The topological polar surface area (TPSA) is 55.8 Å². The van der Waals surface area contributed by atoms with E-state index in [0.29, 0.717) is 18.4 Å². The minimum Gasteiger partial charge on any atom is -0.496 e. The Bertz CT molecular complexity index is 1020. The number of hydrogen-bond donors (Lipinski definition) is 0. The van der Waals surface area contributed by atoms with Crippen LogP contribution in [0.2, 0.25) is 0 Å². The number of benzene rings is 2. The fourth-order valence-corrected chi connectivity index (χ4v) is 5.00. The predicted molar refractivity (Wildman–Crippen MR) is 135 cm³/mol. The lowest BCUT2D eigenvalue weighted by Crippen LogP contribution is -2.39. The Morgan fingerprint density at radius 1 is 1.06 bits per heavy atom. The summed E-state index contributed by atoms with van der Waals surface area (Å²) in [6.45, 7) is 11.1. The zero-order valence-electron chi connectivity index (χ0n) is 21.4. The number of carbonyl (C=O) groups excluding carboxylic acids is 2. The number of unbranched alkanes of at least 4 members (excludes halogenated alkanes) is 2. The van der Waals surface area contributed by atoms with Crippen molar-refractivity contribution in [1.82, 2.24) is 4.90 Å². The smallest absolute Gasteiger partial charge is 0.320 e. The maximum atomic E-state index is 13.5. The third-order valence-electron chi connectivity index (χ3n) is 7.17. The number of esters is 1. The molecule has 0 bridgehead atoms. The summed E-state index contributed by atoms with van der Waals surface area (Å²) in [7, 11) is 1.71. The molecule has 5 heteroatoms. The summed E-state index contributed by atoms with van der Waals surface area (Å²) >= 11 is 0. The van der Waals surface area contributed by atoms with Crippen LogP contribution in [0.3, 0.4) is 0 Å². The first kappa shape index (κ1) is 26.0. The Morgan fingerprint density at radius 3 is 2.50 bits per heavy atom. The Balaban J connectivity index is 1.60. The molecule has 184 valence electrons. The van der Waals surface area contributed by atoms with Crippen molar-refractivity contribution in [3.63, 3.8) is 0 Å². The zero-order valence-corrected chi connectivity index (χ0v) is 21.4. The zero-order chi connectivity index (χ0) is 24.7. The summed E-state index contributed by atoms with van der Waals surface area (Å²) in [4.78, 5) is 28.9. The molecule has 0 amide bonds. The average molecular weight is 466 g/mol. The van der Waals surface area contributed by atoms with E-state index in [4.69, 9.17) is 9.47 Å². The van der Waals surface area contributed by atoms with Gasteiger partial charge in [-0.05, 0) is 81.9 Å². The number of aryl methyl sites for hydroxylation is 2. The Labute approximate surface area is 204 Å². The summed E-state index contributed by atoms with van der Waals surface area (Å²) in [6, 6.07) is 12.2. The molecule has 0 radical (unpaired) electrons. The van der Waals surface area contributed by atoms with Crippen LogP contribution in [0.15, 0.2) is 36.4 Å². The first-order chi connectivity index (χ1) is 16.4. The summed E-state index contributed by atoms with van der Waals surface area (Å²) < 4.78 is 10.9. The van der Waals surface area contributed by atoms with Crippen molar-refractivity contribution < 1.29 is 19.1 Å². The number of nitrogens with zero attached hydrogens (tertiary/aromatic N) is 1. The molecule has 0 heterocycles. The number of hydrogen-bond acceptors (Lipinski definition) is 5. The number of Topliss-reactive ketones (excluding diaryl/α,β-unsaturated/α-hetero) is 1. The van der Waals surface area contributed by atoms with Gasteiger partial charge >= 0.3 is 5.97 Å². The van der Waals surface area contributed by atoms with Gasteiger partial charge in [0.05, 0.1) is 13.7 Å². The molecule has 0 fully saturated rings. The quantitative estimate of drug-likeness (QED) is 0.229. The number of ether oxygens (including phenoxy) is 2. The standard InChI is InChI=1S/C29H39NO4/c1-6-30(20-23-13-9-10-14-26(23)33-5)16-12-8-11-15-29(28(32)34-7-2)19-24-17-21(3)22(4)18-25(24)27(29)31/h9-10,13-14,17-18H,6-8,11-12,15-16,19-20H2,1-5H3. The fraction of sp³-hybridized carbons (Fsp3) is 0.517. The molecule has 1 aliphatic carbocycles. The van der Waals surface area contributed by atoms with Crippen LogP contribution in [0.25, 0.3) is 0 Å². The Kier molecular flexibility index (Phi) is 8.90. The largest absolute Gasteiger partial charge is 0.496 e. The first-order valence-electron chi connectivity index (χ1n) is 12.5. The minimum absolute atomic E-state index is 0.0598. The van der Waals surface area contributed by atoms with Crippen LogP contribution >= 0.6 is 0 Å². The fourth-order valence-electron chi connectivity index (χ4n) is 5.00. The maximum Gasteiger partial charge on any atom is 0.320 e. The van der Waals surface area contributed by atoms with E-state index >= 15 is 0 Å². The van der Waals surface area contributed by atoms with Crippen LogP contribution in [-0.2, 0) is 22.5 Å². The van der Waals surface area contributed by atoms with Crippen LogP contribution < -0.4 is 4.74 Å². The van der Waals surface area contributed by atoms with E-state index in [9.17, 15) is 9.59 Å². The summed E-state index contributed by atoms with van der Waals surface area (Å²) in [6.07, 6.45) is 3.79. The molecule has 0 N–H and O–H groups in total. The molecule has 1 aliphatic rings. The van der Waals surface area contributed by atoms with Crippen molar-refractivity contribution in [2.45, 2.75) is 66.3 Å². The van der Waals surface area contributed by atoms with E-state index in [0.717, 1.165) is 61.3 Å². The van der Waals surface area contributed by atoms with Gasteiger partial charge in [0.25, 0.3) is 0 Å². The number of para-hydroxylation sites is 1. The SMILES string of the molecule is CCOC(=O)C1(CCCCCN(CC)Cc2ccccc2OC)Cc2cc(C)c(C)cc2C1=O. The average Bonchev–Trinajstić information content (AvgIpc) is 3.10. The Morgan fingerprint density at radius 2 is 1.79 bits per heavy atom. The monoisotopic (exact) mass is 465 g/mol. The van der Waals surface area contributed by atoms with Crippen molar-refractivity contribution in [3.8, 4) is 5.75 Å². The highest BCUT2D eigenvalue weighted by Crippen LogP contribution is 2.43. The molecule has 34 heavy (non-hydrogen) atoms. The van der Waals surface area contributed by atoms with Crippen molar-refractivity contribution in [2.75, 3.05) is 26.8 Å². The van der Waals surface area contributed by atoms with E-state index < -0.39 is 5.41 Å². The highest BCUT2D eigenvalue weighted by molar-refractivity contribution is 6.16. The molecule has 1 unspecified atom stereocenters. The number of ketones is 1. The second-order valence-electron chi connectivity index (χ2n) is 9.39. The molecule has 0 saturated heterocycles. The van der Waals surface area contributed by atoms with Crippen molar-refractivity contribution in [2.24, 2.45) is 5.41 Å². The number of methoxy groups -OCH3 is 1. The lowest BCUT2D eigenvalue weighted by Gasteiger charge is -2.25. The van der Waals surface area contributed by atoms with Gasteiger partial charge in [-0.15, -0.1) is 0 Å². The molecule has 0 aliphatic heterocycles. The first-order valence-corrected chi connectivity index (χ1v) is 12.5. The normalized spacial score (nSPS) is 17.2. The minimum atomic E-state index is -1.07. The van der Waals surface area contributed by atoms with Crippen molar-refractivity contribution >= 4 is 11.8 Å². The number of carbonyl (C=O) groups is 2. The van der Waals surface area contributed by atoms with Gasteiger partial charge in [0.1, 0.15) is 11.2 Å². The molecule has 5 nitrogen and oxygen atoms in total. The van der Waals surface area contributed by atoms with Crippen LogP contribution in [0, 0.1) is 19.3 Å². The van der Waals surface area contributed by atoms with Gasteiger partial charge in [-0.2, -0.15) is 0 Å². The lowest BCUT2D eigenvalue weighted by molar-refractivity contribution is -0.152. The molecule has 0 spiro atoms. The second kappa shape index (κ2) is 11.7. The van der Waals surface area contributed by atoms with E-state index in [-0.39, 0.29) is 18.4 Å². The highest BCUT2D eigenvalue weighted by atomic mass is 16.5. The molecule has 2 aromatic rings. The third-order valence-corrected chi connectivity index (χ3v) is 7.17. The van der Waals surface area contributed by atoms with Gasteiger partial charge in [-0.3, -0.25) is 14.5 Å².